The molecule has 51 heavy (non-hydrogen) atoms. The third-order valence-corrected chi connectivity index (χ3v) is 12.1. The summed E-state index contributed by atoms with van der Waals surface area (Å²) in [6.45, 7) is 0. The summed E-state index contributed by atoms with van der Waals surface area (Å²) in [5, 5.41) is 7.28. The molecule has 7 heteroatoms. The standard InChI is InChI=1S/C44H25N5S2/c1-2-10-26(11-3-1)41-46-42(27-19-21-31-30-13-5-7-18-37(30)50-38(31)24-27)48-43(47-41)35-15-8-14-33-32-22-20-28(25-39(32)51-40(33)35)49-36-17-6-4-12-29(36)34-16-9-23-45-44(34)49/h1-25H. The van der Waals surface area contributed by atoms with E-state index in [0.29, 0.717) is 17.5 Å². The van der Waals surface area contributed by atoms with Crippen molar-refractivity contribution in [1.82, 2.24) is 24.5 Å². The summed E-state index contributed by atoms with van der Waals surface area (Å²) in [7, 11) is 0. The van der Waals surface area contributed by atoms with Crippen LogP contribution in [-0.4, -0.2) is 24.5 Å². The molecule has 0 amide bonds. The lowest BCUT2D eigenvalue weighted by Crippen LogP contribution is -2.00. The van der Waals surface area contributed by atoms with E-state index in [1.165, 1.54) is 41.0 Å². The number of rotatable bonds is 4. The van der Waals surface area contributed by atoms with E-state index in [9.17, 15) is 0 Å². The number of pyridine rings is 1. The fourth-order valence-electron chi connectivity index (χ4n) is 7.37. The third-order valence-electron chi connectivity index (χ3n) is 9.72. The molecule has 0 radical (unpaired) electrons. The number of hydrogen-bond acceptors (Lipinski definition) is 6. The van der Waals surface area contributed by atoms with E-state index in [0.717, 1.165) is 43.6 Å². The molecule has 0 aliphatic heterocycles. The van der Waals surface area contributed by atoms with Crippen LogP contribution in [0.25, 0.3) is 102 Å². The van der Waals surface area contributed by atoms with Gasteiger partial charge in [-0.3, -0.25) is 4.57 Å². The van der Waals surface area contributed by atoms with Crippen molar-refractivity contribution in [2.24, 2.45) is 0 Å². The highest BCUT2D eigenvalue weighted by Crippen LogP contribution is 2.42. The first-order valence-corrected chi connectivity index (χ1v) is 18.4. The Morgan fingerprint density at radius 1 is 0.431 bits per heavy atom. The zero-order valence-electron chi connectivity index (χ0n) is 27.0. The van der Waals surface area contributed by atoms with Crippen molar-refractivity contribution in [3.05, 3.63) is 152 Å². The maximum Gasteiger partial charge on any atom is 0.165 e. The Balaban J connectivity index is 1.10. The molecular formula is C44H25N5S2. The van der Waals surface area contributed by atoms with Crippen LogP contribution < -0.4 is 0 Å². The van der Waals surface area contributed by atoms with Crippen LogP contribution in [0.2, 0.25) is 0 Å². The van der Waals surface area contributed by atoms with Crippen molar-refractivity contribution in [2.75, 3.05) is 0 Å². The molecule has 238 valence electrons. The highest BCUT2D eigenvalue weighted by Gasteiger charge is 2.19. The van der Waals surface area contributed by atoms with Crippen molar-refractivity contribution >= 4 is 85.0 Å². The highest BCUT2D eigenvalue weighted by molar-refractivity contribution is 7.26. The first-order chi connectivity index (χ1) is 25.3. The Kier molecular flexibility index (Phi) is 6.22. The SMILES string of the molecule is c1ccc(-c2nc(-c3ccc4c(c3)sc3ccccc34)nc(-c3cccc4c3sc3cc(-n5c6ccccc6c6cccnc65)ccc34)n2)cc1. The number of nitrogens with zero attached hydrogens (tertiary/aromatic N) is 5. The number of para-hydroxylation sites is 1. The molecule has 5 heterocycles. The van der Waals surface area contributed by atoms with Gasteiger partial charge in [-0.05, 0) is 48.5 Å². The predicted molar refractivity (Wildman–Crippen MR) is 214 cm³/mol. The van der Waals surface area contributed by atoms with Gasteiger partial charge in [0.2, 0.25) is 0 Å². The highest BCUT2D eigenvalue weighted by atomic mass is 32.1. The van der Waals surface area contributed by atoms with Crippen LogP contribution in [0, 0.1) is 0 Å². The summed E-state index contributed by atoms with van der Waals surface area (Å²) in [5.74, 6) is 1.99. The van der Waals surface area contributed by atoms with Gasteiger partial charge < -0.3 is 0 Å². The van der Waals surface area contributed by atoms with E-state index >= 15 is 0 Å². The monoisotopic (exact) mass is 687 g/mol. The largest absolute Gasteiger partial charge is 0.294 e. The first kappa shape index (κ1) is 28.5. The molecule has 0 saturated carbocycles. The molecule has 6 aromatic carbocycles. The third kappa shape index (κ3) is 4.45. The van der Waals surface area contributed by atoms with E-state index in [1.807, 2.05) is 30.5 Å². The zero-order valence-corrected chi connectivity index (χ0v) is 28.6. The van der Waals surface area contributed by atoms with Gasteiger partial charge in [-0.2, -0.15) is 0 Å². The van der Waals surface area contributed by atoms with Gasteiger partial charge in [-0.1, -0.05) is 97.1 Å². The summed E-state index contributed by atoms with van der Waals surface area (Å²) in [4.78, 5) is 20.2. The van der Waals surface area contributed by atoms with E-state index in [2.05, 4.69) is 126 Å². The summed E-state index contributed by atoms with van der Waals surface area (Å²) in [5.41, 5.74) is 6.12. The molecule has 5 nitrogen and oxygen atoms in total. The summed E-state index contributed by atoms with van der Waals surface area (Å²) < 4.78 is 7.12. The van der Waals surface area contributed by atoms with E-state index < -0.39 is 0 Å². The minimum absolute atomic E-state index is 0.659. The van der Waals surface area contributed by atoms with Crippen molar-refractivity contribution in [2.45, 2.75) is 0 Å². The molecule has 0 atom stereocenters. The van der Waals surface area contributed by atoms with Gasteiger partial charge in [0.25, 0.3) is 0 Å². The van der Waals surface area contributed by atoms with Crippen LogP contribution in [0.1, 0.15) is 0 Å². The number of benzene rings is 6. The summed E-state index contributed by atoms with van der Waals surface area (Å²) in [6.07, 6.45) is 1.87. The fourth-order valence-corrected chi connectivity index (χ4v) is 9.76. The summed E-state index contributed by atoms with van der Waals surface area (Å²) >= 11 is 3.58. The molecule has 0 fully saturated rings. The fraction of sp³-hybridized carbons (Fsp3) is 0. The van der Waals surface area contributed by atoms with Crippen LogP contribution in [0.4, 0.5) is 0 Å². The lowest BCUT2D eigenvalue weighted by Gasteiger charge is -2.09. The average Bonchev–Trinajstić information content (AvgIpc) is 3.87. The van der Waals surface area contributed by atoms with Crippen LogP contribution in [0.5, 0.6) is 0 Å². The smallest absolute Gasteiger partial charge is 0.165 e. The van der Waals surface area contributed by atoms with Gasteiger partial charge >= 0.3 is 0 Å². The van der Waals surface area contributed by atoms with Gasteiger partial charge in [-0.15, -0.1) is 22.7 Å². The van der Waals surface area contributed by atoms with Crippen LogP contribution in [-0.2, 0) is 0 Å². The molecule has 0 N–H and O–H groups in total. The second-order valence-electron chi connectivity index (χ2n) is 12.7. The van der Waals surface area contributed by atoms with Gasteiger partial charge in [-0.25, -0.2) is 19.9 Å². The van der Waals surface area contributed by atoms with Crippen molar-refractivity contribution in [3.8, 4) is 39.9 Å². The minimum atomic E-state index is 0.659. The maximum absolute atomic E-state index is 5.18. The van der Waals surface area contributed by atoms with Crippen molar-refractivity contribution in [3.63, 3.8) is 0 Å². The van der Waals surface area contributed by atoms with Crippen LogP contribution in [0.15, 0.2) is 152 Å². The van der Waals surface area contributed by atoms with Crippen molar-refractivity contribution < 1.29 is 0 Å². The lowest BCUT2D eigenvalue weighted by molar-refractivity contribution is 1.08. The Bertz CT molecular complexity index is 3100. The molecule has 0 aliphatic carbocycles. The zero-order chi connectivity index (χ0) is 33.5. The number of hydrogen-bond donors (Lipinski definition) is 0. The molecule has 11 rings (SSSR count). The van der Waals surface area contributed by atoms with Gasteiger partial charge in [0.05, 0.1) is 5.52 Å². The van der Waals surface area contributed by atoms with E-state index in [4.69, 9.17) is 19.9 Å². The second kappa shape index (κ2) is 11.1. The Labute approximate surface area is 299 Å². The molecule has 11 aromatic rings. The summed E-state index contributed by atoms with van der Waals surface area (Å²) in [6, 6.07) is 51.2. The number of aromatic nitrogens is 5. The van der Waals surface area contributed by atoms with Gasteiger partial charge in [0.15, 0.2) is 17.5 Å². The van der Waals surface area contributed by atoms with E-state index in [-0.39, 0.29) is 0 Å². The molecule has 0 saturated heterocycles. The second-order valence-corrected chi connectivity index (χ2v) is 14.8. The van der Waals surface area contributed by atoms with Gasteiger partial charge in [0, 0.05) is 79.7 Å². The first-order valence-electron chi connectivity index (χ1n) is 16.8. The predicted octanol–water partition coefficient (Wildman–Crippen LogP) is 12.1. The molecule has 0 unspecified atom stereocenters. The Hall–Kier alpha value is -6.28. The molecular weight excluding hydrogens is 663 g/mol. The normalized spacial score (nSPS) is 11.9. The Morgan fingerprint density at radius 2 is 1.12 bits per heavy atom. The molecule has 0 spiro atoms. The minimum Gasteiger partial charge on any atom is -0.294 e. The quantitative estimate of drug-likeness (QED) is 0.185. The lowest BCUT2D eigenvalue weighted by atomic mass is 10.1. The van der Waals surface area contributed by atoms with Crippen LogP contribution >= 0.6 is 22.7 Å². The number of fused-ring (bicyclic) bond motifs is 9. The average molecular weight is 688 g/mol. The molecule has 0 aliphatic rings. The Morgan fingerprint density at radius 3 is 2.04 bits per heavy atom. The topological polar surface area (TPSA) is 56.5 Å². The molecule has 0 bridgehead atoms. The molecule has 5 aromatic heterocycles. The van der Waals surface area contributed by atoms with Crippen molar-refractivity contribution in [1.29, 1.82) is 0 Å². The number of thiophene rings is 2. The van der Waals surface area contributed by atoms with Crippen LogP contribution in [0.3, 0.4) is 0 Å². The van der Waals surface area contributed by atoms with Gasteiger partial charge in [0.1, 0.15) is 5.65 Å². The maximum atomic E-state index is 5.18. The van der Waals surface area contributed by atoms with E-state index in [1.54, 1.807) is 22.7 Å².